The summed E-state index contributed by atoms with van der Waals surface area (Å²) in [5.41, 5.74) is 1.18. The van der Waals surface area contributed by atoms with Crippen LogP contribution in [0.3, 0.4) is 0 Å². The minimum Gasteiger partial charge on any atom is -0.474 e. The zero-order valence-corrected chi connectivity index (χ0v) is 10.6. The van der Waals surface area contributed by atoms with Crippen molar-refractivity contribution >= 4 is 15.9 Å². The van der Waals surface area contributed by atoms with Crippen molar-refractivity contribution in [2.24, 2.45) is 0 Å². The monoisotopic (exact) mass is 269 g/mol. The molecule has 0 atom stereocenters. The summed E-state index contributed by atoms with van der Waals surface area (Å²) in [6.45, 7) is 2.06. The molecule has 1 aromatic heterocycles. The fraction of sp³-hybridized carbons (Fsp3) is 0.583. The van der Waals surface area contributed by atoms with Crippen LogP contribution in [0.2, 0.25) is 0 Å². The number of hydrogen-bond acceptors (Lipinski definition) is 2. The molecule has 1 aliphatic rings. The largest absolute Gasteiger partial charge is 0.474 e. The van der Waals surface area contributed by atoms with E-state index in [2.05, 4.69) is 27.8 Å². The van der Waals surface area contributed by atoms with E-state index in [4.69, 9.17) is 4.74 Å². The number of nitrogens with zero attached hydrogens (tertiary/aromatic N) is 1. The Morgan fingerprint density at radius 3 is 2.80 bits per heavy atom. The highest BCUT2D eigenvalue weighted by Crippen LogP contribution is 2.29. The first-order valence-corrected chi connectivity index (χ1v) is 6.34. The molecule has 0 unspecified atom stereocenters. The molecule has 1 saturated carbocycles. The van der Waals surface area contributed by atoms with E-state index in [-0.39, 0.29) is 0 Å². The van der Waals surface area contributed by atoms with Crippen LogP contribution in [0, 0.1) is 6.92 Å². The molecule has 0 spiro atoms. The van der Waals surface area contributed by atoms with Crippen LogP contribution in [0.15, 0.2) is 16.7 Å². The highest BCUT2D eigenvalue weighted by Gasteiger charge is 2.17. The summed E-state index contributed by atoms with van der Waals surface area (Å²) in [4.78, 5) is 4.26. The van der Waals surface area contributed by atoms with Crippen LogP contribution in [0.4, 0.5) is 0 Å². The predicted molar refractivity (Wildman–Crippen MR) is 64.2 cm³/mol. The standard InChI is InChI=1S/C12H16BrNO/c1-9-7-8-14-12(11(9)13)15-10-5-3-2-4-6-10/h7-8,10H,2-6H2,1H3. The van der Waals surface area contributed by atoms with E-state index >= 15 is 0 Å². The van der Waals surface area contributed by atoms with Gasteiger partial charge in [-0.05, 0) is 60.2 Å². The van der Waals surface area contributed by atoms with E-state index in [9.17, 15) is 0 Å². The van der Waals surface area contributed by atoms with E-state index in [1.807, 2.05) is 6.07 Å². The Morgan fingerprint density at radius 2 is 2.07 bits per heavy atom. The third kappa shape index (κ3) is 2.71. The van der Waals surface area contributed by atoms with E-state index in [0.717, 1.165) is 10.4 Å². The van der Waals surface area contributed by atoms with Gasteiger partial charge in [0.25, 0.3) is 0 Å². The maximum Gasteiger partial charge on any atom is 0.228 e. The second-order valence-electron chi connectivity index (χ2n) is 4.12. The quantitative estimate of drug-likeness (QED) is 0.814. The van der Waals surface area contributed by atoms with Gasteiger partial charge in [0.1, 0.15) is 6.10 Å². The van der Waals surface area contributed by atoms with Crippen LogP contribution in [0.5, 0.6) is 5.88 Å². The molecule has 0 aromatic carbocycles. The fourth-order valence-corrected chi connectivity index (χ4v) is 2.27. The van der Waals surface area contributed by atoms with Gasteiger partial charge in [0.15, 0.2) is 0 Å². The minimum atomic E-state index is 0.365. The Bertz CT molecular complexity index is 334. The van der Waals surface area contributed by atoms with Crippen molar-refractivity contribution in [1.29, 1.82) is 0 Å². The number of rotatable bonds is 2. The van der Waals surface area contributed by atoms with Gasteiger partial charge in [-0.2, -0.15) is 0 Å². The van der Waals surface area contributed by atoms with Crippen LogP contribution in [0.25, 0.3) is 0 Å². The molecular weight excluding hydrogens is 254 g/mol. The van der Waals surface area contributed by atoms with Gasteiger partial charge in [-0.1, -0.05) is 6.42 Å². The second-order valence-corrected chi connectivity index (χ2v) is 4.92. The number of ether oxygens (including phenoxy) is 1. The summed E-state index contributed by atoms with van der Waals surface area (Å²) in [5.74, 6) is 0.752. The fourth-order valence-electron chi connectivity index (χ4n) is 1.94. The summed E-state index contributed by atoms with van der Waals surface area (Å²) in [7, 11) is 0. The molecule has 3 heteroatoms. The molecule has 0 bridgehead atoms. The summed E-state index contributed by atoms with van der Waals surface area (Å²) < 4.78 is 6.90. The van der Waals surface area contributed by atoms with E-state index in [1.54, 1.807) is 6.20 Å². The number of hydrogen-bond donors (Lipinski definition) is 0. The lowest BCUT2D eigenvalue weighted by Gasteiger charge is -2.23. The van der Waals surface area contributed by atoms with Crippen LogP contribution in [0.1, 0.15) is 37.7 Å². The molecule has 0 aliphatic heterocycles. The lowest BCUT2D eigenvalue weighted by atomic mass is 9.98. The number of pyridine rings is 1. The van der Waals surface area contributed by atoms with Crippen molar-refractivity contribution in [1.82, 2.24) is 4.98 Å². The first kappa shape index (κ1) is 10.9. The van der Waals surface area contributed by atoms with Crippen molar-refractivity contribution in [3.63, 3.8) is 0 Å². The molecule has 82 valence electrons. The number of aryl methyl sites for hydroxylation is 1. The normalized spacial score (nSPS) is 17.7. The zero-order chi connectivity index (χ0) is 10.7. The smallest absolute Gasteiger partial charge is 0.228 e. The lowest BCUT2D eigenvalue weighted by Crippen LogP contribution is -2.20. The van der Waals surface area contributed by atoms with Crippen molar-refractivity contribution in [3.8, 4) is 5.88 Å². The SMILES string of the molecule is Cc1ccnc(OC2CCCCC2)c1Br. The third-order valence-corrected chi connectivity index (χ3v) is 3.85. The van der Waals surface area contributed by atoms with Gasteiger partial charge in [-0.15, -0.1) is 0 Å². The van der Waals surface area contributed by atoms with Gasteiger partial charge in [-0.25, -0.2) is 4.98 Å². The van der Waals surface area contributed by atoms with Gasteiger partial charge in [-0.3, -0.25) is 0 Å². The Balaban J connectivity index is 2.06. The van der Waals surface area contributed by atoms with Gasteiger partial charge in [0, 0.05) is 6.20 Å². The van der Waals surface area contributed by atoms with E-state index < -0.39 is 0 Å². The second kappa shape index (κ2) is 4.97. The Morgan fingerprint density at radius 1 is 1.33 bits per heavy atom. The third-order valence-electron chi connectivity index (χ3n) is 2.88. The Hall–Kier alpha value is -0.570. The van der Waals surface area contributed by atoms with E-state index in [1.165, 1.54) is 37.7 Å². The lowest BCUT2D eigenvalue weighted by molar-refractivity contribution is 0.147. The topological polar surface area (TPSA) is 22.1 Å². The molecule has 1 fully saturated rings. The zero-order valence-electron chi connectivity index (χ0n) is 9.00. The molecule has 1 heterocycles. The maximum atomic E-state index is 5.91. The van der Waals surface area contributed by atoms with Crippen molar-refractivity contribution in [2.75, 3.05) is 0 Å². The van der Waals surface area contributed by atoms with Crippen molar-refractivity contribution < 1.29 is 4.74 Å². The molecule has 1 aromatic rings. The van der Waals surface area contributed by atoms with Gasteiger partial charge in [0.05, 0.1) is 4.47 Å². The van der Waals surface area contributed by atoms with Gasteiger partial charge in [0.2, 0.25) is 5.88 Å². The van der Waals surface area contributed by atoms with Gasteiger partial charge < -0.3 is 4.74 Å². The minimum absolute atomic E-state index is 0.365. The van der Waals surface area contributed by atoms with E-state index in [0.29, 0.717) is 6.10 Å². The van der Waals surface area contributed by atoms with Crippen molar-refractivity contribution in [2.45, 2.75) is 45.1 Å². The number of halogens is 1. The van der Waals surface area contributed by atoms with Crippen LogP contribution in [-0.2, 0) is 0 Å². The molecule has 0 amide bonds. The Kier molecular flexibility index (Phi) is 3.62. The predicted octanol–water partition coefficient (Wildman–Crippen LogP) is 3.86. The van der Waals surface area contributed by atoms with Crippen molar-refractivity contribution in [3.05, 3.63) is 22.3 Å². The highest BCUT2D eigenvalue weighted by atomic mass is 79.9. The average Bonchev–Trinajstić information content (AvgIpc) is 2.26. The van der Waals surface area contributed by atoms with Crippen LogP contribution < -0.4 is 4.74 Å². The molecule has 0 saturated heterocycles. The maximum absolute atomic E-state index is 5.91. The molecule has 1 aliphatic carbocycles. The summed E-state index contributed by atoms with van der Waals surface area (Å²) in [6, 6.07) is 1.98. The average molecular weight is 270 g/mol. The molecule has 2 rings (SSSR count). The van der Waals surface area contributed by atoms with Crippen LogP contribution in [-0.4, -0.2) is 11.1 Å². The molecule has 0 radical (unpaired) electrons. The Labute approximate surface area is 99.2 Å². The first-order valence-electron chi connectivity index (χ1n) is 5.55. The molecule has 2 nitrogen and oxygen atoms in total. The molecule has 15 heavy (non-hydrogen) atoms. The number of aromatic nitrogens is 1. The van der Waals surface area contributed by atoms with Gasteiger partial charge >= 0.3 is 0 Å². The molecular formula is C12H16BrNO. The first-order chi connectivity index (χ1) is 7.27. The summed E-state index contributed by atoms with van der Waals surface area (Å²) in [5, 5.41) is 0. The summed E-state index contributed by atoms with van der Waals surface area (Å²) in [6.07, 6.45) is 8.43. The molecule has 0 N–H and O–H groups in total. The summed E-state index contributed by atoms with van der Waals surface area (Å²) >= 11 is 3.52. The van der Waals surface area contributed by atoms with Crippen LogP contribution >= 0.6 is 15.9 Å². The highest BCUT2D eigenvalue weighted by molar-refractivity contribution is 9.10.